The van der Waals surface area contributed by atoms with Gasteiger partial charge in [-0.1, -0.05) is 61.2 Å². The van der Waals surface area contributed by atoms with Crippen LogP contribution in [0, 0.1) is 0 Å². The highest BCUT2D eigenvalue weighted by Gasteiger charge is 2.22. The Balaban J connectivity index is 1.39. The van der Waals surface area contributed by atoms with Crippen molar-refractivity contribution in [3.63, 3.8) is 0 Å². The minimum atomic E-state index is -0.123. The lowest BCUT2D eigenvalue weighted by atomic mass is 9.88. The van der Waals surface area contributed by atoms with Gasteiger partial charge in [-0.25, -0.2) is 4.98 Å². The Labute approximate surface area is 203 Å². The van der Waals surface area contributed by atoms with Crippen molar-refractivity contribution in [2.75, 3.05) is 0 Å². The van der Waals surface area contributed by atoms with E-state index in [1.165, 1.54) is 11.1 Å². The van der Waals surface area contributed by atoms with Crippen LogP contribution in [0.25, 0.3) is 10.9 Å². The fourth-order valence-electron chi connectivity index (χ4n) is 4.43. The molecule has 3 aromatic carbocycles. The molecule has 0 aliphatic heterocycles. The van der Waals surface area contributed by atoms with Gasteiger partial charge in [-0.2, -0.15) is 9.78 Å². The lowest BCUT2D eigenvalue weighted by molar-refractivity contribution is 0.306. The van der Waals surface area contributed by atoms with Crippen molar-refractivity contribution in [1.29, 1.82) is 0 Å². The second kappa shape index (κ2) is 10.2. The van der Waals surface area contributed by atoms with E-state index >= 15 is 0 Å². The van der Waals surface area contributed by atoms with E-state index in [-0.39, 0.29) is 11.5 Å². The van der Waals surface area contributed by atoms with Crippen LogP contribution >= 0.6 is 11.6 Å². The van der Waals surface area contributed by atoms with Crippen LogP contribution in [0.3, 0.4) is 0 Å². The predicted molar refractivity (Wildman–Crippen MR) is 137 cm³/mol. The molecule has 1 aliphatic carbocycles. The Hall–Kier alpha value is -3.44. The summed E-state index contributed by atoms with van der Waals surface area (Å²) >= 11 is 6.20. The van der Waals surface area contributed by atoms with Crippen LogP contribution in [0.4, 0.5) is 0 Å². The van der Waals surface area contributed by atoms with E-state index in [0.717, 1.165) is 53.9 Å². The van der Waals surface area contributed by atoms with Crippen molar-refractivity contribution in [3.05, 3.63) is 105 Å². The van der Waals surface area contributed by atoms with Crippen LogP contribution in [-0.2, 0) is 6.61 Å². The number of ether oxygens (including phenoxy) is 1. The molecule has 1 saturated carbocycles. The van der Waals surface area contributed by atoms with Gasteiger partial charge in [0.05, 0.1) is 17.1 Å². The predicted octanol–water partition coefficient (Wildman–Crippen LogP) is 6.56. The molecule has 1 heterocycles. The summed E-state index contributed by atoms with van der Waals surface area (Å²) in [5.74, 6) is 1.76. The Bertz CT molecular complexity index is 1370. The molecule has 0 spiro atoms. The Morgan fingerprint density at radius 1 is 0.971 bits per heavy atom. The van der Waals surface area contributed by atoms with Gasteiger partial charge in [0.1, 0.15) is 18.2 Å². The molecular weight excluding hydrogens is 446 g/mol. The molecule has 0 bridgehead atoms. The largest absolute Gasteiger partial charge is 0.489 e. The van der Waals surface area contributed by atoms with E-state index in [0.29, 0.717) is 17.0 Å². The Morgan fingerprint density at radius 2 is 1.71 bits per heavy atom. The van der Waals surface area contributed by atoms with Gasteiger partial charge in [0.2, 0.25) is 0 Å². The summed E-state index contributed by atoms with van der Waals surface area (Å²) in [6.07, 6.45) is 7.35. The van der Waals surface area contributed by atoms with Gasteiger partial charge >= 0.3 is 0 Å². The first-order chi connectivity index (χ1) is 16.7. The minimum absolute atomic E-state index is 0.123. The number of benzene rings is 3. The summed E-state index contributed by atoms with van der Waals surface area (Å²) in [6, 6.07) is 22.8. The number of hydrogen-bond acceptors (Lipinski definition) is 4. The first kappa shape index (κ1) is 22.4. The maximum Gasteiger partial charge on any atom is 0.282 e. The van der Waals surface area contributed by atoms with Crippen molar-refractivity contribution in [2.45, 2.75) is 44.6 Å². The number of nitrogens with zero attached hydrogens (tertiary/aromatic N) is 3. The molecule has 5 nitrogen and oxygen atoms in total. The molecule has 0 amide bonds. The standard InChI is InChI=1S/C28H26ClN3O2/c29-25-12-6-4-10-22(25)19-34-23-16-14-20(15-17-23)18-30-32-27(21-8-2-1-3-9-21)31-26-13-7-5-11-24(26)28(32)33/h4-7,10-18,21H,1-3,8-9,19H2. The first-order valence-electron chi connectivity index (χ1n) is 11.7. The van der Waals surface area contributed by atoms with Crippen molar-refractivity contribution in [3.8, 4) is 5.75 Å². The van der Waals surface area contributed by atoms with E-state index in [2.05, 4.69) is 5.10 Å². The second-order valence-electron chi connectivity index (χ2n) is 8.63. The van der Waals surface area contributed by atoms with Gasteiger partial charge in [0, 0.05) is 16.5 Å². The van der Waals surface area contributed by atoms with Crippen LogP contribution < -0.4 is 10.3 Å². The molecular formula is C28H26ClN3O2. The maximum absolute atomic E-state index is 13.3. The summed E-state index contributed by atoms with van der Waals surface area (Å²) in [5, 5.41) is 5.87. The molecule has 1 aromatic heterocycles. The zero-order chi connectivity index (χ0) is 23.3. The zero-order valence-corrected chi connectivity index (χ0v) is 19.6. The van der Waals surface area contributed by atoms with Crippen LogP contribution in [0.1, 0.15) is 55.0 Å². The van der Waals surface area contributed by atoms with Crippen LogP contribution in [0.5, 0.6) is 5.75 Å². The zero-order valence-electron chi connectivity index (χ0n) is 18.9. The van der Waals surface area contributed by atoms with Crippen molar-refractivity contribution in [1.82, 2.24) is 9.66 Å². The molecule has 6 heteroatoms. The monoisotopic (exact) mass is 471 g/mol. The average Bonchev–Trinajstić information content (AvgIpc) is 2.89. The molecule has 172 valence electrons. The molecule has 0 N–H and O–H groups in total. The topological polar surface area (TPSA) is 56.5 Å². The fourth-order valence-corrected chi connectivity index (χ4v) is 4.62. The summed E-state index contributed by atoms with van der Waals surface area (Å²) < 4.78 is 7.36. The van der Waals surface area contributed by atoms with E-state index in [1.54, 1.807) is 6.21 Å². The Kier molecular flexibility index (Phi) is 6.72. The molecule has 1 fully saturated rings. The average molecular weight is 472 g/mol. The summed E-state index contributed by atoms with van der Waals surface area (Å²) in [6.45, 7) is 0.399. The molecule has 4 aromatic rings. The highest BCUT2D eigenvalue weighted by Crippen LogP contribution is 2.31. The summed E-state index contributed by atoms with van der Waals surface area (Å²) in [5.41, 5.74) is 2.43. The lowest BCUT2D eigenvalue weighted by Crippen LogP contribution is -2.25. The van der Waals surface area contributed by atoms with Gasteiger partial charge < -0.3 is 4.74 Å². The normalized spacial score (nSPS) is 14.6. The van der Waals surface area contributed by atoms with Crippen LogP contribution in [0.15, 0.2) is 82.7 Å². The molecule has 0 saturated heterocycles. The third kappa shape index (κ3) is 4.90. The highest BCUT2D eigenvalue weighted by molar-refractivity contribution is 6.31. The number of hydrogen-bond donors (Lipinski definition) is 0. The molecule has 0 unspecified atom stereocenters. The van der Waals surface area contributed by atoms with Crippen molar-refractivity contribution >= 4 is 28.7 Å². The molecule has 34 heavy (non-hydrogen) atoms. The van der Waals surface area contributed by atoms with Crippen LogP contribution in [0.2, 0.25) is 5.02 Å². The van der Waals surface area contributed by atoms with Gasteiger partial charge in [-0.15, -0.1) is 0 Å². The molecule has 0 atom stereocenters. The smallest absolute Gasteiger partial charge is 0.282 e. The molecule has 1 aliphatic rings. The van der Waals surface area contributed by atoms with Gasteiger partial charge in [-0.05, 0) is 60.9 Å². The van der Waals surface area contributed by atoms with E-state index in [4.69, 9.17) is 21.3 Å². The lowest BCUT2D eigenvalue weighted by Gasteiger charge is -2.22. The third-order valence-electron chi connectivity index (χ3n) is 6.30. The second-order valence-corrected chi connectivity index (χ2v) is 9.04. The van der Waals surface area contributed by atoms with Gasteiger partial charge in [0.25, 0.3) is 5.56 Å². The summed E-state index contributed by atoms with van der Waals surface area (Å²) in [7, 11) is 0. The highest BCUT2D eigenvalue weighted by atomic mass is 35.5. The molecule has 0 radical (unpaired) electrons. The quantitative estimate of drug-likeness (QED) is 0.299. The van der Waals surface area contributed by atoms with E-state index in [9.17, 15) is 4.79 Å². The van der Waals surface area contributed by atoms with Crippen molar-refractivity contribution < 1.29 is 4.74 Å². The van der Waals surface area contributed by atoms with Crippen LogP contribution in [-0.4, -0.2) is 15.9 Å². The fraction of sp³-hybridized carbons (Fsp3) is 0.250. The first-order valence-corrected chi connectivity index (χ1v) is 12.1. The van der Waals surface area contributed by atoms with E-state index in [1.807, 2.05) is 72.8 Å². The minimum Gasteiger partial charge on any atom is -0.489 e. The Morgan fingerprint density at radius 3 is 2.50 bits per heavy atom. The number of fused-ring (bicyclic) bond motifs is 1. The third-order valence-corrected chi connectivity index (χ3v) is 6.67. The van der Waals surface area contributed by atoms with Gasteiger partial charge in [-0.3, -0.25) is 4.79 Å². The van der Waals surface area contributed by atoms with Crippen molar-refractivity contribution in [2.24, 2.45) is 5.10 Å². The molecule has 5 rings (SSSR count). The number of rotatable bonds is 6. The summed E-state index contributed by atoms with van der Waals surface area (Å²) in [4.78, 5) is 18.2. The number of halogens is 1. The number of para-hydroxylation sites is 1. The maximum atomic E-state index is 13.3. The van der Waals surface area contributed by atoms with Gasteiger partial charge in [0.15, 0.2) is 0 Å². The SMILES string of the molecule is O=c1c2ccccc2nc(C2CCCCC2)n1N=Cc1ccc(OCc2ccccc2Cl)cc1. The number of aromatic nitrogens is 2. The van der Waals surface area contributed by atoms with E-state index < -0.39 is 0 Å².